The number of benzene rings is 1. The molecule has 0 aliphatic rings. The number of ether oxygens (including phenoxy) is 5. The maximum atomic E-state index is 12.9. The standard InChI is InChI=1S/C26H31F3N2O8/c1-14(2)22(16(4)38-19-9-7-18(8-10-19)26(27,28)29)39-25(34)15(3)31-24(33)21-23(37-13-36-17(5)32)20(35-6)11-12-30-21/h7-12,14-16,22H,13H2,1-6H3,(H,31,33)/t15-,16-,22+/m0/s1. The second-order valence-electron chi connectivity index (χ2n) is 8.77. The highest BCUT2D eigenvalue weighted by Gasteiger charge is 2.32. The van der Waals surface area contributed by atoms with Gasteiger partial charge in [-0.25, -0.2) is 9.78 Å². The van der Waals surface area contributed by atoms with Crippen molar-refractivity contribution >= 4 is 17.8 Å². The number of methoxy groups -OCH3 is 1. The molecule has 0 spiro atoms. The number of nitrogens with one attached hydrogen (secondary N) is 1. The van der Waals surface area contributed by atoms with Gasteiger partial charge in [-0.2, -0.15) is 13.2 Å². The number of alkyl halides is 3. The average Bonchev–Trinajstić information content (AvgIpc) is 2.86. The minimum Gasteiger partial charge on any atom is -0.493 e. The minimum absolute atomic E-state index is 0.0991. The summed E-state index contributed by atoms with van der Waals surface area (Å²) >= 11 is 0. The number of nitrogens with zero attached hydrogens (tertiary/aromatic N) is 1. The quantitative estimate of drug-likeness (QED) is 0.303. The number of carbonyl (C=O) groups excluding carboxylic acids is 3. The number of pyridine rings is 1. The summed E-state index contributed by atoms with van der Waals surface area (Å²) in [6.07, 6.45) is -4.70. The summed E-state index contributed by atoms with van der Waals surface area (Å²) in [6.45, 7) is 7.26. The predicted octanol–water partition coefficient (Wildman–Crippen LogP) is 4.16. The Hall–Kier alpha value is -4.03. The molecule has 0 fully saturated rings. The molecule has 0 bridgehead atoms. The van der Waals surface area contributed by atoms with Crippen LogP contribution in [-0.2, 0) is 25.2 Å². The molecule has 0 aliphatic heterocycles. The molecular weight excluding hydrogens is 525 g/mol. The molecule has 1 amide bonds. The summed E-state index contributed by atoms with van der Waals surface area (Å²) in [5.41, 5.74) is -1.04. The SMILES string of the molecule is COc1ccnc(C(=O)N[C@@H](C)C(=O)O[C@H](C(C)C)[C@H](C)Oc2ccc(C(F)(F)F)cc2)c1OCOC(C)=O. The van der Waals surface area contributed by atoms with Crippen LogP contribution in [0.2, 0.25) is 0 Å². The predicted molar refractivity (Wildman–Crippen MR) is 131 cm³/mol. The molecule has 0 unspecified atom stereocenters. The third-order valence-electron chi connectivity index (χ3n) is 5.35. The van der Waals surface area contributed by atoms with E-state index in [1.54, 1.807) is 20.8 Å². The molecule has 2 rings (SSSR count). The number of carbonyl (C=O) groups is 3. The summed E-state index contributed by atoms with van der Waals surface area (Å²) in [6, 6.07) is 4.46. The van der Waals surface area contributed by atoms with E-state index in [2.05, 4.69) is 10.3 Å². The van der Waals surface area contributed by atoms with Gasteiger partial charge in [0, 0.05) is 19.2 Å². The number of rotatable bonds is 12. The van der Waals surface area contributed by atoms with Crippen molar-refractivity contribution in [3.05, 3.63) is 47.8 Å². The Morgan fingerprint density at radius 1 is 1.03 bits per heavy atom. The Morgan fingerprint density at radius 2 is 1.67 bits per heavy atom. The second kappa shape index (κ2) is 13.7. The Balaban J connectivity index is 2.08. The molecule has 0 saturated carbocycles. The zero-order valence-electron chi connectivity index (χ0n) is 22.3. The van der Waals surface area contributed by atoms with E-state index in [0.717, 1.165) is 12.1 Å². The monoisotopic (exact) mass is 556 g/mol. The summed E-state index contributed by atoms with van der Waals surface area (Å²) < 4.78 is 65.0. The summed E-state index contributed by atoms with van der Waals surface area (Å²) in [7, 11) is 1.34. The van der Waals surface area contributed by atoms with Gasteiger partial charge in [-0.1, -0.05) is 13.8 Å². The van der Waals surface area contributed by atoms with Crippen molar-refractivity contribution in [3.63, 3.8) is 0 Å². The molecular formula is C26H31F3N2O8. The molecule has 2 aromatic rings. The first-order valence-electron chi connectivity index (χ1n) is 11.9. The lowest BCUT2D eigenvalue weighted by molar-refractivity contribution is -0.158. The van der Waals surface area contributed by atoms with Gasteiger partial charge in [-0.15, -0.1) is 0 Å². The smallest absolute Gasteiger partial charge is 0.416 e. The van der Waals surface area contributed by atoms with Gasteiger partial charge in [-0.3, -0.25) is 9.59 Å². The van der Waals surface area contributed by atoms with Crippen LogP contribution in [0.25, 0.3) is 0 Å². The van der Waals surface area contributed by atoms with Gasteiger partial charge in [0.15, 0.2) is 17.2 Å². The summed E-state index contributed by atoms with van der Waals surface area (Å²) in [4.78, 5) is 40.8. The molecule has 1 aromatic heterocycles. The van der Waals surface area contributed by atoms with Crippen LogP contribution in [0.15, 0.2) is 36.5 Å². The van der Waals surface area contributed by atoms with Gasteiger partial charge < -0.3 is 29.0 Å². The number of aromatic nitrogens is 1. The van der Waals surface area contributed by atoms with Crippen LogP contribution in [-0.4, -0.2) is 55.0 Å². The van der Waals surface area contributed by atoms with E-state index in [0.29, 0.717) is 0 Å². The Bertz CT molecular complexity index is 1140. The van der Waals surface area contributed by atoms with Crippen LogP contribution in [0, 0.1) is 5.92 Å². The zero-order chi connectivity index (χ0) is 29.3. The van der Waals surface area contributed by atoms with E-state index in [9.17, 15) is 27.6 Å². The third-order valence-corrected chi connectivity index (χ3v) is 5.35. The van der Waals surface area contributed by atoms with Crippen molar-refractivity contribution in [1.82, 2.24) is 10.3 Å². The van der Waals surface area contributed by atoms with E-state index in [4.69, 9.17) is 23.7 Å². The summed E-state index contributed by atoms with van der Waals surface area (Å²) in [5, 5.41) is 2.47. The van der Waals surface area contributed by atoms with Gasteiger partial charge in [0.1, 0.15) is 24.0 Å². The van der Waals surface area contributed by atoms with Crippen molar-refractivity contribution in [3.8, 4) is 17.2 Å². The molecule has 10 nitrogen and oxygen atoms in total. The van der Waals surface area contributed by atoms with Crippen molar-refractivity contribution in [1.29, 1.82) is 0 Å². The van der Waals surface area contributed by atoms with E-state index >= 15 is 0 Å². The van der Waals surface area contributed by atoms with Gasteiger partial charge in [0.05, 0.1) is 12.7 Å². The Kier molecular flexibility index (Phi) is 10.9. The highest BCUT2D eigenvalue weighted by Crippen LogP contribution is 2.31. The van der Waals surface area contributed by atoms with Crippen molar-refractivity contribution in [2.75, 3.05) is 13.9 Å². The fourth-order valence-corrected chi connectivity index (χ4v) is 3.40. The van der Waals surface area contributed by atoms with Crippen LogP contribution in [0.1, 0.15) is 50.7 Å². The van der Waals surface area contributed by atoms with Crippen LogP contribution < -0.4 is 19.5 Å². The van der Waals surface area contributed by atoms with Gasteiger partial charge in [0.25, 0.3) is 5.91 Å². The maximum Gasteiger partial charge on any atom is 0.416 e. The second-order valence-corrected chi connectivity index (χ2v) is 8.77. The molecule has 39 heavy (non-hydrogen) atoms. The molecule has 1 N–H and O–H groups in total. The van der Waals surface area contributed by atoms with Gasteiger partial charge in [0.2, 0.25) is 6.79 Å². The van der Waals surface area contributed by atoms with Crippen LogP contribution in [0.3, 0.4) is 0 Å². The number of halogens is 3. The van der Waals surface area contributed by atoms with Crippen LogP contribution in [0.5, 0.6) is 17.2 Å². The zero-order valence-corrected chi connectivity index (χ0v) is 22.3. The largest absolute Gasteiger partial charge is 0.493 e. The molecule has 1 heterocycles. The lowest BCUT2D eigenvalue weighted by Gasteiger charge is -2.29. The molecule has 3 atom stereocenters. The Morgan fingerprint density at radius 3 is 2.21 bits per heavy atom. The van der Waals surface area contributed by atoms with E-state index in [1.165, 1.54) is 45.4 Å². The molecule has 214 valence electrons. The fraction of sp³-hybridized carbons (Fsp3) is 0.462. The molecule has 13 heteroatoms. The van der Waals surface area contributed by atoms with E-state index in [-0.39, 0.29) is 28.9 Å². The molecule has 1 aromatic carbocycles. The topological polar surface area (TPSA) is 122 Å². The lowest BCUT2D eigenvalue weighted by Crippen LogP contribution is -2.45. The molecule has 0 radical (unpaired) electrons. The van der Waals surface area contributed by atoms with Gasteiger partial charge in [-0.05, 0) is 44.0 Å². The molecule has 0 saturated heterocycles. The minimum atomic E-state index is -4.48. The van der Waals surface area contributed by atoms with Crippen LogP contribution >= 0.6 is 0 Å². The first kappa shape index (κ1) is 31.2. The van der Waals surface area contributed by atoms with E-state index in [1.807, 2.05) is 0 Å². The average molecular weight is 557 g/mol. The maximum absolute atomic E-state index is 12.9. The van der Waals surface area contributed by atoms with Crippen molar-refractivity contribution in [2.45, 2.75) is 59.0 Å². The first-order chi connectivity index (χ1) is 18.2. The number of hydrogen-bond donors (Lipinski definition) is 1. The summed E-state index contributed by atoms with van der Waals surface area (Å²) in [5.74, 6) is -2.19. The Labute approximate surface area is 223 Å². The van der Waals surface area contributed by atoms with Crippen molar-refractivity contribution < 1.29 is 51.2 Å². The lowest BCUT2D eigenvalue weighted by atomic mass is 10.0. The molecule has 0 aliphatic carbocycles. The number of hydrogen-bond acceptors (Lipinski definition) is 9. The highest BCUT2D eigenvalue weighted by molar-refractivity contribution is 5.98. The fourth-order valence-electron chi connectivity index (χ4n) is 3.40. The number of esters is 2. The van der Waals surface area contributed by atoms with Crippen molar-refractivity contribution in [2.24, 2.45) is 5.92 Å². The van der Waals surface area contributed by atoms with E-state index < -0.39 is 54.6 Å². The first-order valence-corrected chi connectivity index (χ1v) is 11.9. The highest BCUT2D eigenvalue weighted by atomic mass is 19.4. The normalized spacial score (nSPS) is 13.6. The van der Waals surface area contributed by atoms with Gasteiger partial charge >= 0.3 is 18.1 Å². The number of amides is 1. The third kappa shape index (κ3) is 9.04. The van der Waals surface area contributed by atoms with Crippen LogP contribution in [0.4, 0.5) is 13.2 Å².